The summed E-state index contributed by atoms with van der Waals surface area (Å²) in [5.74, 6) is 0.132. The zero-order valence-electron chi connectivity index (χ0n) is 19.6. The average molecular weight is 464 g/mol. The van der Waals surface area contributed by atoms with Gasteiger partial charge in [-0.2, -0.15) is 0 Å². The molecule has 2 aromatic carbocycles. The van der Waals surface area contributed by atoms with Gasteiger partial charge in [0.15, 0.2) is 0 Å². The van der Waals surface area contributed by atoms with Crippen molar-refractivity contribution in [2.24, 2.45) is 5.92 Å². The zero-order valence-corrected chi connectivity index (χ0v) is 19.6. The number of carbonyl (C=O) groups is 2. The SMILES string of the molecule is CN(C)c1ccc(NC(=O)C2CCCC2)cc1CN(Cc1ccco1)C(=O)c1ccc(F)cc1. The van der Waals surface area contributed by atoms with Crippen LogP contribution in [0.5, 0.6) is 0 Å². The first kappa shape index (κ1) is 23.5. The van der Waals surface area contributed by atoms with E-state index in [0.717, 1.165) is 36.9 Å². The normalized spacial score (nSPS) is 13.6. The third-order valence-electron chi connectivity index (χ3n) is 6.22. The lowest BCUT2D eigenvalue weighted by molar-refractivity contribution is -0.119. The number of furan rings is 1. The fourth-order valence-electron chi connectivity index (χ4n) is 4.43. The number of nitrogens with one attached hydrogen (secondary N) is 1. The molecular weight excluding hydrogens is 433 g/mol. The van der Waals surface area contributed by atoms with Gasteiger partial charge in [0.2, 0.25) is 5.91 Å². The van der Waals surface area contributed by atoms with Gasteiger partial charge in [0.1, 0.15) is 11.6 Å². The number of hydrogen-bond acceptors (Lipinski definition) is 4. The number of benzene rings is 2. The van der Waals surface area contributed by atoms with Gasteiger partial charge >= 0.3 is 0 Å². The number of rotatable bonds is 8. The highest BCUT2D eigenvalue weighted by atomic mass is 19.1. The quantitative estimate of drug-likeness (QED) is 0.482. The van der Waals surface area contributed by atoms with Crippen LogP contribution in [0.4, 0.5) is 15.8 Å². The molecule has 0 aliphatic heterocycles. The Balaban J connectivity index is 1.62. The summed E-state index contributed by atoms with van der Waals surface area (Å²) in [5, 5.41) is 3.06. The van der Waals surface area contributed by atoms with Crippen LogP contribution < -0.4 is 10.2 Å². The minimum absolute atomic E-state index is 0.0517. The molecule has 34 heavy (non-hydrogen) atoms. The maximum absolute atomic E-state index is 13.4. The molecule has 3 aromatic rings. The lowest BCUT2D eigenvalue weighted by atomic mass is 10.1. The molecule has 0 atom stereocenters. The third kappa shape index (κ3) is 5.65. The van der Waals surface area contributed by atoms with Crippen molar-refractivity contribution in [1.29, 1.82) is 0 Å². The fourth-order valence-corrected chi connectivity index (χ4v) is 4.43. The summed E-state index contributed by atoms with van der Waals surface area (Å²) >= 11 is 0. The molecule has 0 radical (unpaired) electrons. The molecule has 0 spiro atoms. The van der Waals surface area contributed by atoms with Crippen molar-refractivity contribution in [3.05, 3.63) is 83.6 Å². The van der Waals surface area contributed by atoms with E-state index in [-0.39, 0.29) is 30.8 Å². The molecule has 1 aromatic heterocycles. The van der Waals surface area contributed by atoms with Crippen LogP contribution >= 0.6 is 0 Å². The molecule has 1 saturated carbocycles. The van der Waals surface area contributed by atoms with E-state index in [2.05, 4.69) is 5.32 Å². The van der Waals surface area contributed by atoms with Crippen molar-refractivity contribution in [3.63, 3.8) is 0 Å². The Morgan fingerprint density at radius 1 is 1.03 bits per heavy atom. The van der Waals surface area contributed by atoms with Gasteiger partial charge in [-0.25, -0.2) is 4.39 Å². The van der Waals surface area contributed by atoms with Crippen molar-refractivity contribution < 1.29 is 18.4 Å². The van der Waals surface area contributed by atoms with E-state index in [9.17, 15) is 14.0 Å². The molecule has 178 valence electrons. The molecule has 1 fully saturated rings. The molecule has 1 aliphatic carbocycles. The lowest BCUT2D eigenvalue weighted by Crippen LogP contribution is -2.31. The first-order chi connectivity index (χ1) is 16.4. The van der Waals surface area contributed by atoms with Crippen LogP contribution in [0.3, 0.4) is 0 Å². The highest BCUT2D eigenvalue weighted by molar-refractivity contribution is 5.94. The van der Waals surface area contributed by atoms with Crippen molar-refractivity contribution in [2.75, 3.05) is 24.3 Å². The molecule has 1 heterocycles. The maximum Gasteiger partial charge on any atom is 0.254 e. The van der Waals surface area contributed by atoms with Gasteiger partial charge in [-0.1, -0.05) is 12.8 Å². The zero-order chi connectivity index (χ0) is 24.1. The van der Waals surface area contributed by atoms with Gasteiger partial charge < -0.3 is 19.5 Å². The molecule has 0 saturated heterocycles. The average Bonchev–Trinajstić information content (AvgIpc) is 3.53. The van der Waals surface area contributed by atoms with Crippen molar-refractivity contribution in [1.82, 2.24) is 4.90 Å². The van der Waals surface area contributed by atoms with Crippen LogP contribution in [0, 0.1) is 11.7 Å². The number of anilines is 2. The van der Waals surface area contributed by atoms with E-state index in [1.807, 2.05) is 43.3 Å². The number of nitrogens with zero attached hydrogens (tertiary/aromatic N) is 2. The maximum atomic E-state index is 13.4. The van der Waals surface area contributed by atoms with E-state index in [4.69, 9.17) is 4.42 Å². The summed E-state index contributed by atoms with van der Waals surface area (Å²) in [7, 11) is 3.88. The highest BCUT2D eigenvalue weighted by Crippen LogP contribution is 2.29. The monoisotopic (exact) mass is 463 g/mol. The summed E-state index contributed by atoms with van der Waals surface area (Å²) in [4.78, 5) is 29.7. The molecular formula is C27H30FN3O3. The predicted octanol–water partition coefficient (Wildman–Crippen LogP) is 5.46. The number of carbonyl (C=O) groups excluding carboxylic acids is 2. The first-order valence-corrected chi connectivity index (χ1v) is 11.6. The number of halogens is 1. The Morgan fingerprint density at radius 3 is 2.41 bits per heavy atom. The standard InChI is InChI=1S/C27H30FN3O3/c1-30(2)25-14-13-23(29-26(32)19-6-3-4-7-19)16-21(25)17-31(18-24-8-5-15-34-24)27(33)20-9-11-22(28)12-10-20/h5,8-16,19H,3-4,6-7,17-18H2,1-2H3,(H,29,32). The highest BCUT2D eigenvalue weighted by Gasteiger charge is 2.24. The molecule has 0 bridgehead atoms. The van der Waals surface area contributed by atoms with Crippen LogP contribution in [0.15, 0.2) is 65.3 Å². The van der Waals surface area contributed by atoms with E-state index < -0.39 is 5.82 Å². The molecule has 0 unspecified atom stereocenters. The van der Waals surface area contributed by atoms with Gasteiger partial charge in [0.25, 0.3) is 5.91 Å². The molecule has 7 heteroatoms. The van der Waals surface area contributed by atoms with Gasteiger partial charge in [0, 0.05) is 43.5 Å². The number of amides is 2. The topological polar surface area (TPSA) is 65.8 Å². The second-order valence-electron chi connectivity index (χ2n) is 8.96. The largest absolute Gasteiger partial charge is 0.467 e. The summed E-state index contributed by atoms with van der Waals surface area (Å²) in [6, 6.07) is 14.9. The Hall–Kier alpha value is -3.61. The van der Waals surface area contributed by atoms with Gasteiger partial charge in [-0.3, -0.25) is 9.59 Å². The van der Waals surface area contributed by atoms with Crippen molar-refractivity contribution >= 4 is 23.2 Å². The predicted molar refractivity (Wildman–Crippen MR) is 130 cm³/mol. The molecule has 1 aliphatic rings. The fraction of sp³-hybridized carbons (Fsp3) is 0.333. The van der Waals surface area contributed by atoms with Crippen LogP contribution in [-0.2, 0) is 17.9 Å². The lowest BCUT2D eigenvalue weighted by Gasteiger charge is -2.26. The molecule has 2 amide bonds. The molecule has 4 rings (SSSR count). The van der Waals surface area contributed by atoms with Crippen LogP contribution in [0.25, 0.3) is 0 Å². The molecule has 1 N–H and O–H groups in total. The third-order valence-corrected chi connectivity index (χ3v) is 6.22. The van der Waals surface area contributed by atoms with E-state index >= 15 is 0 Å². The van der Waals surface area contributed by atoms with Crippen molar-refractivity contribution in [2.45, 2.75) is 38.8 Å². The number of hydrogen-bond donors (Lipinski definition) is 1. The Bertz CT molecular complexity index is 1120. The summed E-state index contributed by atoms with van der Waals surface area (Å²) in [6.07, 6.45) is 5.61. The smallest absolute Gasteiger partial charge is 0.254 e. The minimum atomic E-state index is -0.394. The summed E-state index contributed by atoms with van der Waals surface area (Å²) in [6.45, 7) is 0.548. The van der Waals surface area contributed by atoms with Crippen LogP contribution in [0.2, 0.25) is 0 Å². The Kier molecular flexibility index (Phi) is 7.30. The Morgan fingerprint density at radius 2 is 1.76 bits per heavy atom. The van der Waals surface area contributed by atoms with Gasteiger partial charge in [-0.05, 0) is 73.0 Å². The van der Waals surface area contributed by atoms with E-state index in [0.29, 0.717) is 17.0 Å². The second-order valence-corrected chi connectivity index (χ2v) is 8.96. The van der Waals surface area contributed by atoms with Crippen LogP contribution in [-0.4, -0.2) is 30.8 Å². The van der Waals surface area contributed by atoms with E-state index in [1.54, 1.807) is 17.2 Å². The van der Waals surface area contributed by atoms with Gasteiger partial charge in [-0.15, -0.1) is 0 Å². The summed E-state index contributed by atoms with van der Waals surface area (Å²) < 4.78 is 18.9. The Labute approximate surface area is 199 Å². The van der Waals surface area contributed by atoms with Crippen molar-refractivity contribution in [3.8, 4) is 0 Å². The van der Waals surface area contributed by atoms with Gasteiger partial charge in [0.05, 0.1) is 12.8 Å². The van der Waals surface area contributed by atoms with E-state index in [1.165, 1.54) is 24.3 Å². The minimum Gasteiger partial charge on any atom is -0.467 e. The van der Waals surface area contributed by atoms with Crippen LogP contribution in [0.1, 0.15) is 47.4 Å². The second kappa shape index (κ2) is 10.5. The first-order valence-electron chi connectivity index (χ1n) is 11.6. The molecule has 6 nitrogen and oxygen atoms in total. The summed E-state index contributed by atoms with van der Waals surface area (Å²) in [5.41, 5.74) is 2.93.